The van der Waals surface area contributed by atoms with Gasteiger partial charge in [0, 0.05) is 32.0 Å². The van der Waals surface area contributed by atoms with Crippen molar-refractivity contribution in [2.45, 2.75) is 19.3 Å². The zero-order valence-corrected chi connectivity index (χ0v) is 15.2. The summed E-state index contributed by atoms with van der Waals surface area (Å²) >= 11 is 0. The van der Waals surface area contributed by atoms with E-state index >= 15 is 0 Å². The van der Waals surface area contributed by atoms with Crippen molar-refractivity contribution in [2.75, 3.05) is 39.2 Å². The number of aromatic nitrogens is 2. The molecule has 26 heavy (non-hydrogen) atoms. The van der Waals surface area contributed by atoms with E-state index in [1.165, 1.54) is 0 Å². The van der Waals surface area contributed by atoms with Crippen LogP contribution in [0.1, 0.15) is 28.8 Å². The van der Waals surface area contributed by atoms with Crippen molar-refractivity contribution >= 4 is 11.9 Å². The van der Waals surface area contributed by atoms with Gasteiger partial charge in [-0.25, -0.2) is 9.97 Å². The first-order valence-corrected chi connectivity index (χ1v) is 8.77. The molecule has 0 saturated carbocycles. The highest BCUT2D eigenvalue weighted by atomic mass is 16.5. The molecule has 0 bridgehead atoms. The van der Waals surface area contributed by atoms with E-state index in [-0.39, 0.29) is 5.91 Å². The molecule has 1 amide bonds. The van der Waals surface area contributed by atoms with Crippen LogP contribution < -0.4 is 14.8 Å². The summed E-state index contributed by atoms with van der Waals surface area (Å²) in [5, 5.41) is 3.18. The van der Waals surface area contributed by atoms with Gasteiger partial charge in [0.25, 0.3) is 5.91 Å². The molecule has 0 radical (unpaired) electrons. The maximum atomic E-state index is 12.3. The number of benzene rings is 1. The number of anilines is 1. The van der Waals surface area contributed by atoms with Crippen LogP contribution >= 0.6 is 0 Å². The number of likely N-dealkylation sites (tertiary alicyclic amines) is 1. The van der Waals surface area contributed by atoms with Crippen molar-refractivity contribution < 1.29 is 14.3 Å². The van der Waals surface area contributed by atoms with Crippen LogP contribution in [-0.2, 0) is 6.42 Å². The second-order valence-electron chi connectivity index (χ2n) is 6.16. The average Bonchev–Trinajstić information content (AvgIpc) is 3.22. The van der Waals surface area contributed by atoms with E-state index in [1.807, 2.05) is 23.1 Å². The van der Waals surface area contributed by atoms with E-state index in [0.29, 0.717) is 29.6 Å². The second-order valence-corrected chi connectivity index (χ2v) is 6.16. The van der Waals surface area contributed by atoms with Crippen molar-refractivity contribution in [3.8, 4) is 11.5 Å². The van der Waals surface area contributed by atoms with Crippen LogP contribution in [0.25, 0.3) is 0 Å². The largest absolute Gasteiger partial charge is 0.493 e. The van der Waals surface area contributed by atoms with Gasteiger partial charge in [0.1, 0.15) is 0 Å². The number of amides is 1. The molecule has 1 aliphatic rings. The van der Waals surface area contributed by atoms with Crippen LogP contribution in [0.4, 0.5) is 5.95 Å². The molecule has 138 valence electrons. The Labute approximate surface area is 153 Å². The zero-order chi connectivity index (χ0) is 18.4. The van der Waals surface area contributed by atoms with E-state index < -0.39 is 0 Å². The number of hydrogen-bond donors (Lipinski definition) is 1. The predicted octanol–water partition coefficient (Wildman–Crippen LogP) is 2.38. The number of carbonyl (C=O) groups excluding carboxylic acids is 1. The predicted molar refractivity (Wildman–Crippen MR) is 98.9 cm³/mol. The van der Waals surface area contributed by atoms with Crippen molar-refractivity contribution in [3.63, 3.8) is 0 Å². The van der Waals surface area contributed by atoms with Gasteiger partial charge in [-0.15, -0.1) is 0 Å². The number of nitrogens with zero attached hydrogens (tertiary/aromatic N) is 3. The van der Waals surface area contributed by atoms with Crippen LogP contribution in [0.2, 0.25) is 0 Å². The number of methoxy groups -OCH3 is 2. The average molecular weight is 356 g/mol. The van der Waals surface area contributed by atoms with Crippen LogP contribution in [-0.4, -0.2) is 54.6 Å². The minimum Gasteiger partial charge on any atom is -0.493 e. The summed E-state index contributed by atoms with van der Waals surface area (Å²) in [4.78, 5) is 22.6. The highest BCUT2D eigenvalue weighted by molar-refractivity contribution is 5.93. The fourth-order valence-electron chi connectivity index (χ4n) is 2.99. The maximum absolute atomic E-state index is 12.3. The zero-order valence-electron chi connectivity index (χ0n) is 15.2. The van der Waals surface area contributed by atoms with E-state index in [1.54, 1.807) is 26.6 Å². The molecular formula is C19H24N4O3. The van der Waals surface area contributed by atoms with Gasteiger partial charge in [-0.3, -0.25) is 4.79 Å². The van der Waals surface area contributed by atoms with Gasteiger partial charge in [0.15, 0.2) is 11.5 Å². The van der Waals surface area contributed by atoms with Crippen LogP contribution in [0.3, 0.4) is 0 Å². The molecule has 2 aromatic rings. The van der Waals surface area contributed by atoms with Crippen LogP contribution in [0.15, 0.2) is 30.6 Å². The summed E-state index contributed by atoms with van der Waals surface area (Å²) in [6.45, 7) is 2.32. The lowest BCUT2D eigenvalue weighted by Gasteiger charge is -2.14. The standard InChI is InChI=1S/C19H24N4O3/c1-25-16-6-5-14(11-17(16)26-2)7-8-20-19-21-12-15(13-22-19)18(24)23-9-3-4-10-23/h5-6,11-13H,3-4,7-10H2,1-2H3,(H,20,21,22). The van der Waals surface area contributed by atoms with Gasteiger partial charge in [-0.05, 0) is 37.0 Å². The Hall–Kier alpha value is -2.83. The van der Waals surface area contributed by atoms with Gasteiger partial charge < -0.3 is 19.7 Å². The third-order valence-electron chi connectivity index (χ3n) is 4.44. The second kappa shape index (κ2) is 8.51. The molecule has 1 saturated heterocycles. The summed E-state index contributed by atoms with van der Waals surface area (Å²) in [6.07, 6.45) is 6.11. The smallest absolute Gasteiger partial charge is 0.256 e. The molecule has 7 nitrogen and oxygen atoms in total. The van der Waals surface area contributed by atoms with E-state index in [9.17, 15) is 4.79 Å². The molecule has 1 N–H and O–H groups in total. The van der Waals surface area contributed by atoms with Gasteiger partial charge in [0.05, 0.1) is 19.8 Å². The Morgan fingerprint density at radius 3 is 2.46 bits per heavy atom. The van der Waals surface area contributed by atoms with Crippen molar-refractivity contribution in [1.29, 1.82) is 0 Å². The SMILES string of the molecule is COc1ccc(CCNc2ncc(C(=O)N3CCCC3)cn2)cc1OC. The number of rotatable bonds is 7. The minimum absolute atomic E-state index is 0.0133. The monoisotopic (exact) mass is 356 g/mol. The number of hydrogen-bond acceptors (Lipinski definition) is 6. The molecule has 1 fully saturated rings. The van der Waals surface area contributed by atoms with Crippen molar-refractivity contribution in [3.05, 3.63) is 41.7 Å². The number of carbonyl (C=O) groups is 1. The van der Waals surface area contributed by atoms with Gasteiger partial charge in [-0.2, -0.15) is 0 Å². The topological polar surface area (TPSA) is 76.6 Å². The van der Waals surface area contributed by atoms with Crippen molar-refractivity contribution in [1.82, 2.24) is 14.9 Å². The number of nitrogens with one attached hydrogen (secondary N) is 1. The first-order valence-electron chi connectivity index (χ1n) is 8.77. The van der Waals surface area contributed by atoms with Crippen molar-refractivity contribution in [2.24, 2.45) is 0 Å². The lowest BCUT2D eigenvalue weighted by Crippen LogP contribution is -2.27. The molecule has 1 aliphatic heterocycles. The molecule has 0 unspecified atom stereocenters. The lowest BCUT2D eigenvalue weighted by molar-refractivity contribution is 0.0792. The first-order chi connectivity index (χ1) is 12.7. The highest BCUT2D eigenvalue weighted by Gasteiger charge is 2.19. The minimum atomic E-state index is 0.0133. The molecule has 0 atom stereocenters. The molecular weight excluding hydrogens is 332 g/mol. The Balaban J connectivity index is 1.53. The third kappa shape index (κ3) is 4.22. The van der Waals surface area contributed by atoms with Gasteiger partial charge in [0.2, 0.25) is 5.95 Å². The third-order valence-corrected chi connectivity index (χ3v) is 4.44. The molecule has 7 heteroatoms. The first kappa shape index (κ1) is 18.0. The van der Waals surface area contributed by atoms with Crippen LogP contribution in [0, 0.1) is 0 Å². The summed E-state index contributed by atoms with van der Waals surface area (Å²) < 4.78 is 10.6. The molecule has 0 aliphatic carbocycles. The number of ether oxygens (including phenoxy) is 2. The Morgan fingerprint density at radius 1 is 1.12 bits per heavy atom. The maximum Gasteiger partial charge on any atom is 0.256 e. The summed E-state index contributed by atoms with van der Waals surface area (Å²) in [5.41, 5.74) is 1.66. The summed E-state index contributed by atoms with van der Waals surface area (Å²) in [7, 11) is 3.24. The highest BCUT2D eigenvalue weighted by Crippen LogP contribution is 2.27. The fourth-order valence-corrected chi connectivity index (χ4v) is 2.99. The Kier molecular flexibility index (Phi) is 5.88. The Morgan fingerprint density at radius 2 is 1.81 bits per heavy atom. The normalized spacial score (nSPS) is 13.5. The Bertz CT molecular complexity index is 743. The molecule has 1 aromatic heterocycles. The summed E-state index contributed by atoms with van der Waals surface area (Å²) in [5.74, 6) is 1.96. The van der Waals surface area contributed by atoms with E-state index in [2.05, 4.69) is 15.3 Å². The van der Waals surface area contributed by atoms with E-state index in [0.717, 1.165) is 37.9 Å². The van der Waals surface area contributed by atoms with Gasteiger partial charge >= 0.3 is 0 Å². The lowest BCUT2D eigenvalue weighted by atomic mass is 10.1. The van der Waals surface area contributed by atoms with E-state index in [4.69, 9.17) is 9.47 Å². The molecule has 3 rings (SSSR count). The summed E-state index contributed by atoms with van der Waals surface area (Å²) in [6, 6.07) is 5.85. The van der Waals surface area contributed by atoms with Gasteiger partial charge in [-0.1, -0.05) is 6.07 Å². The quantitative estimate of drug-likeness (QED) is 0.821. The fraction of sp³-hybridized carbons (Fsp3) is 0.421. The molecule has 1 aromatic carbocycles. The van der Waals surface area contributed by atoms with Crippen LogP contribution in [0.5, 0.6) is 11.5 Å². The molecule has 2 heterocycles. The molecule has 0 spiro atoms.